The molecule has 2 aromatic carbocycles. The van der Waals surface area contributed by atoms with E-state index in [4.69, 9.17) is 14.5 Å². The molecule has 0 radical (unpaired) electrons. The van der Waals surface area contributed by atoms with Crippen LogP contribution in [0.1, 0.15) is 58.9 Å². The van der Waals surface area contributed by atoms with Gasteiger partial charge >= 0.3 is 12.1 Å². The van der Waals surface area contributed by atoms with Crippen molar-refractivity contribution in [1.82, 2.24) is 25.2 Å². The first-order valence-corrected chi connectivity index (χ1v) is 17.0. The van der Waals surface area contributed by atoms with Crippen LogP contribution in [-0.2, 0) is 4.74 Å². The second kappa shape index (κ2) is 14.5. The van der Waals surface area contributed by atoms with Crippen LogP contribution in [-0.4, -0.2) is 83.6 Å². The lowest BCUT2D eigenvalue weighted by Gasteiger charge is -2.28. The minimum Gasteiger partial charge on any atom is -0.463 e. The van der Waals surface area contributed by atoms with E-state index in [1.807, 2.05) is 69.1 Å². The second-order valence-corrected chi connectivity index (χ2v) is 13.9. The molecule has 3 atom stereocenters. The van der Waals surface area contributed by atoms with Crippen LogP contribution in [0.4, 0.5) is 19.4 Å². The molecular formula is C38H44F2N6O3. The average molecular weight is 671 g/mol. The molecular weight excluding hydrogens is 626 g/mol. The Kier molecular flexibility index (Phi) is 10.2. The molecule has 1 N–H and O–H groups in total. The van der Waals surface area contributed by atoms with Crippen molar-refractivity contribution in [3.05, 3.63) is 54.0 Å². The second-order valence-electron chi connectivity index (χ2n) is 13.9. The van der Waals surface area contributed by atoms with Crippen molar-refractivity contribution in [3.63, 3.8) is 0 Å². The number of amides is 1. The Morgan fingerprint density at radius 3 is 2.73 bits per heavy atom. The molecule has 258 valence electrons. The fraction of sp³-hybridized carbons (Fsp3) is 0.474. The lowest BCUT2D eigenvalue weighted by molar-refractivity contribution is 0.0292. The van der Waals surface area contributed by atoms with Crippen LogP contribution in [0.2, 0.25) is 0 Å². The lowest BCUT2D eigenvalue weighted by Crippen LogP contribution is -2.39. The number of likely N-dealkylation sites (N-methyl/N-ethyl adjacent to an activating group) is 1. The maximum absolute atomic E-state index is 16.9. The van der Waals surface area contributed by atoms with Gasteiger partial charge in [0.15, 0.2) is 5.82 Å². The number of pyridine rings is 1. The lowest BCUT2D eigenvalue weighted by atomic mass is 9.96. The number of carbonyl (C=O) groups excluding carboxylic acids is 1. The fourth-order valence-corrected chi connectivity index (χ4v) is 6.72. The summed E-state index contributed by atoms with van der Waals surface area (Å²) in [7, 11) is 1.87. The van der Waals surface area contributed by atoms with Crippen molar-refractivity contribution in [3.8, 4) is 29.1 Å². The molecule has 9 nitrogen and oxygen atoms in total. The van der Waals surface area contributed by atoms with Crippen molar-refractivity contribution >= 4 is 33.6 Å². The summed E-state index contributed by atoms with van der Waals surface area (Å²) in [6.07, 6.45) is 2.98. The first-order valence-electron chi connectivity index (χ1n) is 17.0. The highest BCUT2D eigenvalue weighted by Crippen LogP contribution is 2.37. The highest BCUT2D eigenvalue weighted by atomic mass is 19.1. The standard InChI is InChI=1S/C38H44F2N6O3/c1-6-10-25-12-7-13-26-14-8-15-29(31(25)26)33-32(40)34-30(21-42-33)35(45(5)28-16-18-46(22-28)37(47)49-38(2,3)4)44-36(43-34)48-23-24-11-9-17-41-20-27(39)19-24/h7-8,12-15,21,24,27-28,41H,9,11,16-20,22-23H2,1-5H3/t24-,27-,28-/m1/s1. The Morgan fingerprint density at radius 1 is 1.16 bits per heavy atom. The highest BCUT2D eigenvalue weighted by molar-refractivity contribution is 6.02. The molecule has 0 bridgehead atoms. The Bertz CT molecular complexity index is 1900. The van der Waals surface area contributed by atoms with E-state index in [1.165, 1.54) is 0 Å². The number of carbonyl (C=O) groups is 1. The third-order valence-electron chi connectivity index (χ3n) is 9.13. The number of rotatable bonds is 6. The number of hydrogen-bond acceptors (Lipinski definition) is 8. The van der Waals surface area contributed by atoms with Crippen molar-refractivity contribution < 1.29 is 23.0 Å². The number of nitrogens with one attached hydrogen (secondary N) is 1. The molecule has 11 heteroatoms. The smallest absolute Gasteiger partial charge is 0.410 e. The SMILES string of the molecule is CC#Cc1cccc2cccc(-c3ncc4c(N(C)[C@@H]5CCN(C(=O)OC(C)(C)C)C5)nc(OC[C@@H]5CCCNC[C@H](F)C5)nc4c3F)c12. The normalized spacial score (nSPS) is 20.0. The van der Waals surface area contributed by atoms with E-state index in [0.29, 0.717) is 49.2 Å². The maximum Gasteiger partial charge on any atom is 0.410 e. The Labute approximate surface area is 286 Å². The number of benzene rings is 2. The number of likely N-dealkylation sites (tertiary alicyclic amines) is 1. The zero-order valence-electron chi connectivity index (χ0n) is 28.9. The summed E-state index contributed by atoms with van der Waals surface area (Å²) in [5.41, 5.74) is 0.985. The predicted octanol–water partition coefficient (Wildman–Crippen LogP) is 6.91. The molecule has 4 heterocycles. The molecule has 2 aliphatic rings. The summed E-state index contributed by atoms with van der Waals surface area (Å²) >= 11 is 0. The monoisotopic (exact) mass is 670 g/mol. The van der Waals surface area contributed by atoms with Gasteiger partial charge in [0.25, 0.3) is 0 Å². The van der Waals surface area contributed by atoms with Gasteiger partial charge < -0.3 is 24.6 Å². The fourth-order valence-electron chi connectivity index (χ4n) is 6.72. The minimum absolute atomic E-state index is 0.0125. The zero-order valence-corrected chi connectivity index (χ0v) is 28.9. The summed E-state index contributed by atoms with van der Waals surface area (Å²) in [6, 6.07) is 11.4. The molecule has 1 amide bonds. The van der Waals surface area contributed by atoms with Gasteiger partial charge in [0.1, 0.15) is 28.8 Å². The summed E-state index contributed by atoms with van der Waals surface area (Å²) in [5.74, 6) is 5.91. The molecule has 2 aromatic heterocycles. The van der Waals surface area contributed by atoms with Gasteiger partial charge in [0, 0.05) is 55.4 Å². The van der Waals surface area contributed by atoms with E-state index in [1.54, 1.807) is 18.0 Å². The van der Waals surface area contributed by atoms with Crippen LogP contribution < -0.4 is 15.0 Å². The van der Waals surface area contributed by atoms with Crippen LogP contribution in [0.5, 0.6) is 6.01 Å². The topological polar surface area (TPSA) is 92.7 Å². The Balaban J connectivity index is 1.40. The van der Waals surface area contributed by atoms with Crippen LogP contribution in [0.3, 0.4) is 0 Å². The quantitative estimate of drug-likeness (QED) is 0.222. The van der Waals surface area contributed by atoms with Crippen LogP contribution >= 0.6 is 0 Å². The minimum atomic E-state index is -0.975. The van der Waals surface area contributed by atoms with Gasteiger partial charge in [-0.25, -0.2) is 13.6 Å². The molecule has 2 saturated heterocycles. The van der Waals surface area contributed by atoms with Crippen molar-refractivity contribution in [2.75, 3.05) is 44.7 Å². The number of anilines is 1. The highest BCUT2D eigenvalue weighted by Gasteiger charge is 2.34. The van der Waals surface area contributed by atoms with E-state index in [9.17, 15) is 9.18 Å². The largest absolute Gasteiger partial charge is 0.463 e. The van der Waals surface area contributed by atoms with Crippen LogP contribution in [0.25, 0.3) is 32.9 Å². The van der Waals surface area contributed by atoms with Gasteiger partial charge in [-0.3, -0.25) is 4.98 Å². The third-order valence-corrected chi connectivity index (χ3v) is 9.13. The molecule has 6 rings (SSSR count). The zero-order chi connectivity index (χ0) is 34.7. The van der Waals surface area contributed by atoms with Gasteiger partial charge in [-0.05, 0) is 77.3 Å². The van der Waals surface area contributed by atoms with Crippen molar-refractivity contribution in [2.24, 2.45) is 5.92 Å². The van der Waals surface area contributed by atoms with Gasteiger partial charge in [0.2, 0.25) is 0 Å². The Morgan fingerprint density at radius 2 is 1.96 bits per heavy atom. The maximum atomic E-state index is 16.9. The molecule has 0 aliphatic carbocycles. The molecule has 0 saturated carbocycles. The number of nitrogens with zero attached hydrogens (tertiary/aromatic N) is 5. The van der Waals surface area contributed by atoms with Crippen molar-refractivity contribution in [2.45, 2.75) is 71.2 Å². The molecule has 2 fully saturated rings. The van der Waals surface area contributed by atoms with E-state index >= 15 is 4.39 Å². The van der Waals surface area contributed by atoms with Crippen LogP contribution in [0, 0.1) is 23.6 Å². The van der Waals surface area contributed by atoms with E-state index in [-0.39, 0.29) is 41.9 Å². The molecule has 0 unspecified atom stereocenters. The molecule has 4 aromatic rings. The van der Waals surface area contributed by atoms with Gasteiger partial charge in [-0.1, -0.05) is 36.3 Å². The summed E-state index contributed by atoms with van der Waals surface area (Å²) in [6.45, 7) is 9.49. The number of hydrogen-bond donors (Lipinski definition) is 1. The average Bonchev–Trinajstić information content (AvgIpc) is 3.56. The third kappa shape index (κ3) is 7.70. The molecule has 49 heavy (non-hydrogen) atoms. The van der Waals surface area contributed by atoms with E-state index in [0.717, 1.165) is 35.7 Å². The number of aromatic nitrogens is 3. The Hall–Kier alpha value is -4.56. The number of ether oxygens (including phenoxy) is 2. The number of fused-ring (bicyclic) bond motifs is 2. The summed E-state index contributed by atoms with van der Waals surface area (Å²) < 4.78 is 43.2. The van der Waals surface area contributed by atoms with E-state index in [2.05, 4.69) is 27.1 Å². The number of halogens is 2. The first kappa shape index (κ1) is 34.3. The van der Waals surface area contributed by atoms with Gasteiger partial charge in [0.05, 0.1) is 12.0 Å². The summed E-state index contributed by atoms with van der Waals surface area (Å²) in [4.78, 5) is 30.5. The first-order chi connectivity index (χ1) is 23.5. The number of alkyl halides is 1. The van der Waals surface area contributed by atoms with Crippen molar-refractivity contribution in [1.29, 1.82) is 0 Å². The predicted molar refractivity (Wildman–Crippen MR) is 188 cm³/mol. The van der Waals surface area contributed by atoms with E-state index < -0.39 is 17.6 Å². The van der Waals surface area contributed by atoms with Crippen LogP contribution in [0.15, 0.2) is 42.6 Å². The van der Waals surface area contributed by atoms with Gasteiger partial charge in [-0.2, -0.15) is 9.97 Å². The summed E-state index contributed by atoms with van der Waals surface area (Å²) in [5, 5.41) is 5.28. The van der Waals surface area contributed by atoms with Gasteiger partial charge in [-0.15, -0.1) is 5.92 Å². The molecule has 2 aliphatic heterocycles. The molecule has 0 spiro atoms.